The smallest absolute Gasteiger partial charge is 0.246 e. The van der Waals surface area contributed by atoms with Crippen LogP contribution in [0.15, 0.2) is 11.1 Å². The third-order valence-electron chi connectivity index (χ3n) is 4.05. The molecule has 0 saturated heterocycles. The Bertz CT molecular complexity index is 576. The second-order valence-corrected chi connectivity index (χ2v) is 7.65. The number of hydrogen-bond donors (Lipinski definition) is 2. The van der Waals surface area contributed by atoms with E-state index < -0.39 is 10.0 Å². The quantitative estimate of drug-likeness (QED) is 0.795. The Hall–Kier alpha value is -1.08. The molecular weight excluding hydrogens is 276 g/mol. The highest BCUT2D eigenvalue weighted by atomic mass is 32.2. The van der Waals surface area contributed by atoms with Gasteiger partial charge in [-0.1, -0.05) is 6.92 Å². The number of aromatic nitrogens is 2. The van der Waals surface area contributed by atoms with Crippen molar-refractivity contribution in [3.63, 3.8) is 0 Å². The predicted octanol–water partition coefficient (Wildman–Crippen LogP) is 1.34. The van der Waals surface area contributed by atoms with Crippen molar-refractivity contribution in [3.05, 3.63) is 6.20 Å². The van der Waals surface area contributed by atoms with Gasteiger partial charge in [0.1, 0.15) is 4.90 Å². The number of nitrogen functional groups attached to an aromatic ring is 1. The molecule has 2 aliphatic rings. The lowest BCUT2D eigenvalue weighted by atomic mass is 10.1. The van der Waals surface area contributed by atoms with Crippen LogP contribution < -0.4 is 10.5 Å². The number of nitrogens with one attached hydrogen (secondary N) is 1. The summed E-state index contributed by atoms with van der Waals surface area (Å²) in [7, 11) is -3.56. The Balaban J connectivity index is 1.79. The lowest BCUT2D eigenvalue weighted by Crippen LogP contribution is -2.38. The molecule has 0 bridgehead atoms. The largest absolute Gasteiger partial charge is 0.381 e. The summed E-state index contributed by atoms with van der Waals surface area (Å²) in [6.07, 6.45) is 6.96. The third-order valence-corrected chi connectivity index (χ3v) is 5.52. The first-order valence-corrected chi connectivity index (χ1v) is 8.85. The lowest BCUT2D eigenvalue weighted by Gasteiger charge is -2.17. The topological polar surface area (TPSA) is 90.0 Å². The first-order chi connectivity index (χ1) is 9.51. The van der Waals surface area contributed by atoms with E-state index in [-0.39, 0.29) is 16.8 Å². The molecule has 3 N–H and O–H groups in total. The Morgan fingerprint density at radius 2 is 2.00 bits per heavy atom. The van der Waals surface area contributed by atoms with E-state index in [2.05, 4.69) is 9.82 Å². The van der Waals surface area contributed by atoms with Crippen molar-refractivity contribution in [2.24, 2.45) is 11.8 Å². The average molecular weight is 298 g/mol. The zero-order chi connectivity index (χ0) is 14.3. The van der Waals surface area contributed by atoms with E-state index >= 15 is 0 Å². The molecular formula is C13H22N4O2S. The van der Waals surface area contributed by atoms with Gasteiger partial charge >= 0.3 is 0 Å². The van der Waals surface area contributed by atoms with Crippen LogP contribution in [-0.4, -0.2) is 24.2 Å². The van der Waals surface area contributed by atoms with Crippen LogP contribution in [0.4, 0.5) is 5.82 Å². The molecule has 0 amide bonds. The Morgan fingerprint density at radius 3 is 2.50 bits per heavy atom. The molecule has 2 fully saturated rings. The van der Waals surface area contributed by atoms with E-state index in [1.54, 1.807) is 4.68 Å². The molecule has 0 aliphatic heterocycles. The van der Waals surface area contributed by atoms with E-state index in [4.69, 9.17) is 5.73 Å². The fourth-order valence-electron chi connectivity index (χ4n) is 2.70. The van der Waals surface area contributed by atoms with Gasteiger partial charge in [-0.2, -0.15) is 5.10 Å². The maximum atomic E-state index is 12.5. The monoisotopic (exact) mass is 298 g/mol. The van der Waals surface area contributed by atoms with Crippen LogP contribution in [0.25, 0.3) is 0 Å². The maximum Gasteiger partial charge on any atom is 0.246 e. The van der Waals surface area contributed by atoms with Crippen molar-refractivity contribution < 1.29 is 8.42 Å². The van der Waals surface area contributed by atoms with E-state index in [0.717, 1.165) is 32.1 Å². The van der Waals surface area contributed by atoms with Gasteiger partial charge in [0.05, 0.1) is 0 Å². The molecule has 7 heteroatoms. The van der Waals surface area contributed by atoms with Crippen LogP contribution in [0.1, 0.15) is 39.0 Å². The number of nitrogens with zero attached hydrogens (tertiary/aromatic N) is 2. The summed E-state index contributed by atoms with van der Waals surface area (Å²) in [6, 6.07) is 0.0916. The highest BCUT2D eigenvalue weighted by Gasteiger charge is 2.43. The first-order valence-electron chi connectivity index (χ1n) is 7.36. The van der Waals surface area contributed by atoms with Crippen LogP contribution in [0, 0.1) is 11.8 Å². The zero-order valence-corrected chi connectivity index (χ0v) is 12.6. The van der Waals surface area contributed by atoms with E-state index in [1.807, 2.05) is 6.92 Å². The van der Waals surface area contributed by atoms with Gasteiger partial charge in [0.2, 0.25) is 10.0 Å². The summed E-state index contributed by atoms with van der Waals surface area (Å²) in [5.74, 6) is 1.13. The van der Waals surface area contributed by atoms with Gasteiger partial charge in [0.15, 0.2) is 5.82 Å². The van der Waals surface area contributed by atoms with Gasteiger partial charge in [0, 0.05) is 18.8 Å². The highest BCUT2D eigenvalue weighted by Crippen LogP contribution is 2.45. The molecule has 3 rings (SSSR count). The van der Waals surface area contributed by atoms with Crippen LogP contribution in [0.5, 0.6) is 0 Å². The van der Waals surface area contributed by atoms with Crippen molar-refractivity contribution >= 4 is 15.8 Å². The number of rotatable bonds is 7. The van der Waals surface area contributed by atoms with Gasteiger partial charge in [-0.25, -0.2) is 13.1 Å². The van der Waals surface area contributed by atoms with Crippen molar-refractivity contribution in [1.82, 2.24) is 14.5 Å². The molecule has 2 saturated carbocycles. The summed E-state index contributed by atoms with van der Waals surface area (Å²) in [5.41, 5.74) is 5.77. The summed E-state index contributed by atoms with van der Waals surface area (Å²) < 4.78 is 29.5. The average Bonchev–Trinajstić information content (AvgIpc) is 3.25. The molecule has 0 aromatic carbocycles. The van der Waals surface area contributed by atoms with Gasteiger partial charge in [-0.3, -0.25) is 4.68 Å². The predicted molar refractivity (Wildman–Crippen MR) is 76.5 cm³/mol. The van der Waals surface area contributed by atoms with Crippen LogP contribution in [0.3, 0.4) is 0 Å². The van der Waals surface area contributed by atoms with Crippen molar-refractivity contribution in [2.45, 2.75) is 56.5 Å². The number of nitrogens with two attached hydrogens (primary N) is 1. The molecule has 2 aliphatic carbocycles. The van der Waals surface area contributed by atoms with Gasteiger partial charge in [0.25, 0.3) is 0 Å². The minimum absolute atomic E-state index is 0.0916. The summed E-state index contributed by atoms with van der Waals surface area (Å²) in [5, 5.41) is 4.07. The Morgan fingerprint density at radius 1 is 1.40 bits per heavy atom. The molecule has 6 nitrogen and oxygen atoms in total. The molecule has 1 heterocycles. The van der Waals surface area contributed by atoms with Gasteiger partial charge in [-0.05, 0) is 43.9 Å². The fourth-order valence-corrected chi connectivity index (χ4v) is 4.15. The highest BCUT2D eigenvalue weighted by molar-refractivity contribution is 7.89. The third kappa shape index (κ3) is 2.83. The molecule has 112 valence electrons. The van der Waals surface area contributed by atoms with E-state index in [9.17, 15) is 8.42 Å². The number of sulfonamides is 1. The molecule has 0 atom stereocenters. The van der Waals surface area contributed by atoms with Crippen LogP contribution >= 0.6 is 0 Å². The van der Waals surface area contributed by atoms with Gasteiger partial charge < -0.3 is 5.73 Å². The molecule has 20 heavy (non-hydrogen) atoms. The van der Waals surface area contributed by atoms with Crippen LogP contribution in [0.2, 0.25) is 0 Å². The summed E-state index contributed by atoms with van der Waals surface area (Å²) in [4.78, 5) is 0.122. The van der Waals surface area contributed by atoms with Crippen molar-refractivity contribution in [1.29, 1.82) is 0 Å². The molecule has 1 aromatic rings. The van der Waals surface area contributed by atoms with E-state index in [1.165, 1.54) is 6.20 Å². The molecule has 0 radical (unpaired) electrons. The van der Waals surface area contributed by atoms with Gasteiger partial charge in [-0.15, -0.1) is 0 Å². The summed E-state index contributed by atoms with van der Waals surface area (Å²) in [6.45, 7) is 2.69. The zero-order valence-electron chi connectivity index (χ0n) is 11.7. The minimum atomic E-state index is -3.56. The van der Waals surface area contributed by atoms with Crippen molar-refractivity contribution in [2.75, 3.05) is 5.73 Å². The number of hydrogen-bond acceptors (Lipinski definition) is 4. The molecule has 0 unspecified atom stereocenters. The minimum Gasteiger partial charge on any atom is -0.381 e. The van der Waals surface area contributed by atoms with Crippen LogP contribution in [-0.2, 0) is 16.6 Å². The second-order valence-electron chi connectivity index (χ2n) is 5.96. The normalized spacial score (nSPS) is 19.7. The van der Waals surface area contributed by atoms with E-state index in [0.29, 0.717) is 18.4 Å². The fraction of sp³-hybridized carbons (Fsp3) is 0.769. The maximum absolute atomic E-state index is 12.5. The Kier molecular flexibility index (Phi) is 3.50. The first kappa shape index (κ1) is 13.9. The number of aryl methyl sites for hydroxylation is 1. The lowest BCUT2D eigenvalue weighted by molar-refractivity contribution is 0.471. The van der Waals surface area contributed by atoms with Crippen molar-refractivity contribution in [3.8, 4) is 0 Å². The number of anilines is 1. The standard InChI is InChI=1S/C13H22N4O2S/c1-2-7-17-8-11(13(14)15-17)20(18,19)16-12(9-3-4-9)10-5-6-10/h8-10,12,16H,2-7H2,1H3,(H2,14,15). The SMILES string of the molecule is CCCn1cc(S(=O)(=O)NC(C2CC2)C2CC2)c(N)n1. The summed E-state index contributed by atoms with van der Waals surface area (Å²) >= 11 is 0. The Labute approximate surface area is 119 Å². The molecule has 1 aromatic heterocycles. The molecule has 0 spiro atoms. The second kappa shape index (κ2) is 5.04.